The second kappa shape index (κ2) is 19.0. The number of carbonyl (C=O) groups is 2. The van der Waals surface area contributed by atoms with Crippen LogP contribution in [0.1, 0.15) is 87.1 Å². The number of aromatic nitrogens is 2. The van der Waals surface area contributed by atoms with Crippen LogP contribution >= 0.6 is 0 Å². The lowest BCUT2D eigenvalue weighted by Gasteiger charge is -2.36. The number of allylic oxidation sites excluding steroid dienone is 4. The Morgan fingerprint density at radius 3 is 1.80 bits per heavy atom. The molecule has 2 fully saturated rings. The standard InChI is InChI=1S/C43H54N2O11/c1-8-14-34(46)42(3,4)36-20-13-18-32-33(54-32)23-22-27(50-7)24-39-45-29(26-52-39)41(49)56-37(43(5,6)35(47)15-9-2)19-12-17-31-30(53-31)16-10-11-21-38-44-28(25-51-38)40(48)55-36/h8-18,21-23,25-27,30-37,46-47H,19-20,24H2,1-7H3/t27-,30-,31-,32-,33+,34-,35-,36-,37+/m0/s1. The fraction of sp³-hybridized carbons (Fsp3) is 0.488. The molecule has 0 spiro atoms. The van der Waals surface area contributed by atoms with E-state index in [0.29, 0.717) is 12.8 Å². The van der Waals surface area contributed by atoms with Crippen LogP contribution in [0.15, 0.2) is 100 Å². The number of aliphatic hydroxyl groups is 2. The molecule has 3 aliphatic heterocycles. The highest BCUT2D eigenvalue weighted by Crippen LogP contribution is 2.35. The number of cyclic esters (lactones) is 2. The summed E-state index contributed by atoms with van der Waals surface area (Å²) in [5.41, 5.74) is -1.68. The van der Waals surface area contributed by atoms with Crippen LogP contribution in [0.5, 0.6) is 0 Å². The van der Waals surface area contributed by atoms with E-state index in [-0.39, 0.29) is 54.0 Å². The minimum absolute atomic E-state index is 0.00381. The Morgan fingerprint density at radius 1 is 0.732 bits per heavy atom. The molecule has 302 valence electrons. The Balaban J connectivity index is 1.37. The number of nitrogens with zero attached hydrogens (tertiary/aromatic N) is 2. The van der Waals surface area contributed by atoms with Crippen molar-refractivity contribution in [2.45, 2.75) is 116 Å². The minimum atomic E-state index is -0.884. The first-order valence-electron chi connectivity index (χ1n) is 18.9. The van der Waals surface area contributed by atoms with Crippen molar-refractivity contribution in [2.75, 3.05) is 7.11 Å². The normalized spacial score (nSPS) is 28.1. The van der Waals surface area contributed by atoms with Crippen molar-refractivity contribution in [2.24, 2.45) is 10.8 Å². The molecule has 0 saturated carbocycles. The zero-order valence-corrected chi connectivity index (χ0v) is 33.0. The van der Waals surface area contributed by atoms with Gasteiger partial charge in [-0.25, -0.2) is 19.6 Å². The maximum Gasteiger partial charge on any atom is 0.360 e. The highest BCUT2D eigenvalue weighted by Gasteiger charge is 2.41. The number of esters is 2. The van der Waals surface area contributed by atoms with E-state index in [4.69, 9.17) is 32.5 Å². The lowest BCUT2D eigenvalue weighted by molar-refractivity contribution is -0.0461. The Bertz CT molecular complexity index is 1840. The monoisotopic (exact) mass is 774 g/mol. The summed E-state index contributed by atoms with van der Waals surface area (Å²) in [6.07, 6.45) is 24.1. The smallest absolute Gasteiger partial charge is 0.360 e. The molecule has 2 aromatic heterocycles. The molecule has 3 aliphatic rings. The second-order valence-corrected chi connectivity index (χ2v) is 15.1. The summed E-state index contributed by atoms with van der Waals surface area (Å²) < 4.78 is 40.3. The quantitative estimate of drug-likeness (QED) is 0.178. The van der Waals surface area contributed by atoms with Crippen LogP contribution in [0.25, 0.3) is 6.08 Å². The van der Waals surface area contributed by atoms with Crippen molar-refractivity contribution in [1.82, 2.24) is 9.97 Å². The van der Waals surface area contributed by atoms with Crippen LogP contribution in [0.4, 0.5) is 0 Å². The summed E-state index contributed by atoms with van der Waals surface area (Å²) in [6.45, 7) is 11.0. The number of methoxy groups -OCH3 is 1. The summed E-state index contributed by atoms with van der Waals surface area (Å²) >= 11 is 0. The van der Waals surface area contributed by atoms with Crippen LogP contribution in [0, 0.1) is 10.8 Å². The Kier molecular flexibility index (Phi) is 14.4. The lowest BCUT2D eigenvalue weighted by atomic mass is 9.79. The Morgan fingerprint density at radius 2 is 1.25 bits per heavy atom. The zero-order chi connectivity index (χ0) is 40.5. The number of fused-ring (bicyclic) bond motifs is 6. The van der Waals surface area contributed by atoms with E-state index in [1.54, 1.807) is 49.6 Å². The Hall–Kier alpha value is -4.66. The summed E-state index contributed by atoms with van der Waals surface area (Å²) in [4.78, 5) is 35.3. The molecule has 5 heterocycles. The van der Waals surface area contributed by atoms with Crippen LogP contribution < -0.4 is 0 Å². The van der Waals surface area contributed by atoms with Gasteiger partial charge in [0.1, 0.15) is 49.2 Å². The number of aliphatic hydroxyl groups excluding tert-OH is 2. The third-order valence-electron chi connectivity index (χ3n) is 10.2. The summed E-state index contributed by atoms with van der Waals surface area (Å²) in [5.74, 6) is -0.844. The maximum absolute atomic E-state index is 13.4. The molecule has 9 atom stereocenters. The third-order valence-corrected chi connectivity index (χ3v) is 10.2. The Labute approximate surface area is 328 Å². The molecule has 13 nitrogen and oxygen atoms in total. The van der Waals surface area contributed by atoms with Gasteiger partial charge in [-0.2, -0.15) is 0 Å². The molecule has 2 aromatic rings. The molecule has 4 bridgehead atoms. The first kappa shape index (κ1) is 42.5. The molecule has 5 rings (SSSR count). The number of carbonyl (C=O) groups excluding carboxylic acids is 2. The van der Waals surface area contributed by atoms with Crippen molar-refractivity contribution in [3.05, 3.63) is 115 Å². The van der Waals surface area contributed by atoms with E-state index >= 15 is 0 Å². The molecule has 0 radical (unpaired) electrons. The van der Waals surface area contributed by atoms with Gasteiger partial charge >= 0.3 is 11.9 Å². The molecule has 56 heavy (non-hydrogen) atoms. The van der Waals surface area contributed by atoms with Gasteiger partial charge in [0.2, 0.25) is 5.89 Å². The van der Waals surface area contributed by atoms with Crippen LogP contribution in [0.3, 0.4) is 0 Å². The van der Waals surface area contributed by atoms with Crippen molar-refractivity contribution in [3.63, 3.8) is 0 Å². The summed E-state index contributed by atoms with van der Waals surface area (Å²) in [6, 6.07) is 0. The first-order chi connectivity index (χ1) is 26.8. The van der Waals surface area contributed by atoms with Crippen molar-refractivity contribution >= 4 is 18.0 Å². The van der Waals surface area contributed by atoms with Crippen molar-refractivity contribution in [3.8, 4) is 0 Å². The number of epoxide rings is 2. The van der Waals surface area contributed by atoms with Gasteiger partial charge in [-0.05, 0) is 13.8 Å². The van der Waals surface area contributed by atoms with Gasteiger partial charge in [-0.3, -0.25) is 0 Å². The highest BCUT2D eigenvalue weighted by molar-refractivity contribution is 5.87. The fourth-order valence-corrected chi connectivity index (χ4v) is 6.10. The van der Waals surface area contributed by atoms with Gasteiger partial charge in [0, 0.05) is 36.9 Å². The zero-order valence-electron chi connectivity index (χ0n) is 33.0. The van der Waals surface area contributed by atoms with Crippen LogP contribution in [-0.4, -0.2) is 94.2 Å². The number of rotatable bonds is 7. The van der Waals surface area contributed by atoms with E-state index in [1.807, 2.05) is 84.1 Å². The maximum atomic E-state index is 13.4. The molecule has 2 saturated heterocycles. The van der Waals surface area contributed by atoms with E-state index < -0.39 is 53.3 Å². The molecule has 13 heteroatoms. The van der Waals surface area contributed by atoms with E-state index in [2.05, 4.69) is 9.97 Å². The molecule has 2 N–H and O–H groups in total. The van der Waals surface area contributed by atoms with E-state index in [0.717, 1.165) is 0 Å². The molecule has 0 aromatic carbocycles. The van der Waals surface area contributed by atoms with Crippen LogP contribution in [0.2, 0.25) is 0 Å². The predicted molar refractivity (Wildman–Crippen MR) is 207 cm³/mol. The van der Waals surface area contributed by atoms with Crippen molar-refractivity contribution in [1.29, 1.82) is 0 Å². The SMILES string of the molecule is CC=C[C@H](O)C(C)(C)[C@@H]1CC=C[C@@H]2O[C@@H]2C=C[C@H](OC)Cc2nc(co2)C(=O)O[C@@H](C(C)(C)[C@@H](O)C=CC)CC=C[C@@H]2O[C@H]2C=CC=Cc2nc(co2)C(=O)O1. The topological polar surface area (TPSA) is 179 Å². The average molecular weight is 775 g/mol. The summed E-state index contributed by atoms with van der Waals surface area (Å²) in [7, 11) is 1.56. The highest BCUT2D eigenvalue weighted by atomic mass is 16.6. The molecular weight excluding hydrogens is 720 g/mol. The second-order valence-electron chi connectivity index (χ2n) is 15.1. The molecular formula is C43H54N2O11. The number of hydrogen-bond acceptors (Lipinski definition) is 13. The molecule has 0 unspecified atom stereocenters. The lowest BCUT2D eigenvalue weighted by Crippen LogP contribution is -2.42. The van der Waals surface area contributed by atoms with Gasteiger partial charge in [0.05, 0.1) is 24.7 Å². The number of ether oxygens (including phenoxy) is 5. The average Bonchev–Trinajstić information content (AvgIpc) is 3.96. The van der Waals surface area contributed by atoms with Gasteiger partial charge in [-0.1, -0.05) is 107 Å². The van der Waals surface area contributed by atoms with Gasteiger partial charge < -0.3 is 42.7 Å². The first-order valence-corrected chi connectivity index (χ1v) is 18.9. The van der Waals surface area contributed by atoms with Crippen molar-refractivity contribution < 1.29 is 52.3 Å². The van der Waals surface area contributed by atoms with E-state index in [9.17, 15) is 19.8 Å². The van der Waals surface area contributed by atoms with Crippen LogP contribution in [-0.2, 0) is 30.1 Å². The largest absolute Gasteiger partial charge is 0.457 e. The molecule has 0 amide bonds. The van der Waals surface area contributed by atoms with Gasteiger partial charge in [-0.15, -0.1) is 0 Å². The molecule has 0 aliphatic carbocycles. The number of hydrogen-bond donors (Lipinski definition) is 2. The minimum Gasteiger partial charge on any atom is -0.457 e. The van der Waals surface area contributed by atoms with E-state index in [1.165, 1.54) is 12.5 Å². The third kappa shape index (κ3) is 11.2. The van der Waals surface area contributed by atoms with Gasteiger partial charge in [0.25, 0.3) is 0 Å². The summed E-state index contributed by atoms with van der Waals surface area (Å²) in [5, 5.41) is 21.9. The fourth-order valence-electron chi connectivity index (χ4n) is 6.10. The van der Waals surface area contributed by atoms with Gasteiger partial charge in [0.15, 0.2) is 17.3 Å². The number of oxazole rings is 2. The predicted octanol–water partition coefficient (Wildman–Crippen LogP) is 6.46.